The number of H-pyrrole nitrogens is 1. The molecule has 5 heterocycles. The highest BCUT2D eigenvalue weighted by molar-refractivity contribution is 7.90. The van der Waals surface area contributed by atoms with Crippen molar-refractivity contribution in [2.24, 2.45) is 11.3 Å². The van der Waals surface area contributed by atoms with Gasteiger partial charge in [0.05, 0.1) is 47.0 Å². The second-order valence-corrected chi connectivity index (χ2v) is 23.3. The molecule has 4 aliphatic rings. The van der Waals surface area contributed by atoms with Crippen molar-refractivity contribution in [3.63, 3.8) is 0 Å². The summed E-state index contributed by atoms with van der Waals surface area (Å²) in [6, 6.07) is 23.4. The number of piperazine rings is 1. The second-order valence-electron chi connectivity index (χ2n) is 21.6. The summed E-state index contributed by atoms with van der Waals surface area (Å²) in [5.74, 6) is -0.516. The van der Waals surface area contributed by atoms with E-state index >= 15 is 0 Å². The number of methoxy groups -OCH3 is 1. The Morgan fingerprint density at radius 2 is 1.68 bits per heavy atom. The van der Waals surface area contributed by atoms with E-state index in [9.17, 15) is 37.6 Å². The van der Waals surface area contributed by atoms with Crippen LogP contribution in [0.3, 0.4) is 0 Å². The summed E-state index contributed by atoms with van der Waals surface area (Å²) in [6.45, 7) is 9.91. The summed E-state index contributed by atoms with van der Waals surface area (Å²) < 4.78 is 56.0. The van der Waals surface area contributed by atoms with E-state index in [0.717, 1.165) is 50.2 Å². The number of nitrogens with zero attached hydrogens (tertiary/aromatic N) is 6. The van der Waals surface area contributed by atoms with Gasteiger partial charge in [-0.15, -0.1) is 0 Å². The number of amides is 2. The number of nitrogens with one attached hydrogen (secondary N) is 3. The molecule has 2 amide bonds. The van der Waals surface area contributed by atoms with Crippen LogP contribution in [-0.4, -0.2) is 113 Å². The molecule has 20 heteroatoms. The molecule has 2 aliphatic heterocycles. The SMILES string of the molecule is COc1ccc(C(=O)N2CCN(C3CC4(CCN(c5ccc(C(=O)NS(=O)(=O)c6cnc(NCC7CCC(C)(O)CC7)c([N+](=O)[O-])c6)c(Oc6cnc7[nH]cc(F)c7c6)c5)CC4)C3)[C@H](c3ccccc3C(C)C)C2)cc1. The molecule has 76 heavy (non-hydrogen) atoms. The maximum Gasteiger partial charge on any atom is 0.312 e. The Morgan fingerprint density at radius 1 is 0.947 bits per heavy atom. The highest BCUT2D eigenvalue weighted by Crippen LogP contribution is 2.53. The van der Waals surface area contributed by atoms with Crippen molar-refractivity contribution in [1.82, 2.24) is 29.5 Å². The molecule has 1 spiro atoms. The summed E-state index contributed by atoms with van der Waals surface area (Å²) in [5.41, 5.74) is 2.81. The Kier molecular flexibility index (Phi) is 14.5. The van der Waals surface area contributed by atoms with Crippen molar-refractivity contribution in [1.29, 1.82) is 0 Å². The van der Waals surface area contributed by atoms with Gasteiger partial charge in [0.25, 0.3) is 21.8 Å². The van der Waals surface area contributed by atoms with E-state index in [0.29, 0.717) is 81.7 Å². The van der Waals surface area contributed by atoms with E-state index in [1.165, 1.54) is 35.7 Å². The topological polar surface area (TPSA) is 225 Å². The van der Waals surface area contributed by atoms with E-state index < -0.39 is 42.9 Å². The van der Waals surface area contributed by atoms with Crippen molar-refractivity contribution < 1.29 is 41.9 Å². The number of benzene rings is 3. The first-order chi connectivity index (χ1) is 36.4. The van der Waals surface area contributed by atoms with Gasteiger partial charge in [0, 0.05) is 74.9 Å². The van der Waals surface area contributed by atoms with Crippen LogP contribution in [0.4, 0.5) is 21.6 Å². The Bertz CT molecular complexity index is 3250. The summed E-state index contributed by atoms with van der Waals surface area (Å²) in [4.78, 5) is 56.8. The third-order valence-corrected chi connectivity index (χ3v) is 17.5. The van der Waals surface area contributed by atoms with Gasteiger partial charge in [-0.1, -0.05) is 38.1 Å². The zero-order valence-corrected chi connectivity index (χ0v) is 43.9. The maximum atomic E-state index is 14.7. The molecule has 6 aromatic rings. The molecule has 400 valence electrons. The van der Waals surface area contributed by atoms with Crippen LogP contribution in [0.25, 0.3) is 11.0 Å². The molecule has 10 rings (SSSR count). The van der Waals surface area contributed by atoms with Crippen LogP contribution in [0.2, 0.25) is 0 Å². The van der Waals surface area contributed by atoms with Crippen molar-refractivity contribution in [3.8, 4) is 17.2 Å². The van der Waals surface area contributed by atoms with E-state index in [-0.39, 0.29) is 57.2 Å². The number of carbonyl (C=O) groups excluding carboxylic acids is 2. The van der Waals surface area contributed by atoms with Crippen LogP contribution < -0.4 is 24.4 Å². The highest BCUT2D eigenvalue weighted by Gasteiger charge is 2.50. The number of ether oxygens (including phenoxy) is 2. The van der Waals surface area contributed by atoms with Gasteiger partial charge < -0.3 is 34.7 Å². The Hall–Kier alpha value is -7.16. The van der Waals surface area contributed by atoms with Gasteiger partial charge in [-0.2, -0.15) is 0 Å². The number of piperidine rings is 1. The number of rotatable bonds is 15. The van der Waals surface area contributed by atoms with Crippen LogP contribution in [0.15, 0.2) is 102 Å². The number of carbonyl (C=O) groups is 2. The van der Waals surface area contributed by atoms with Gasteiger partial charge in [-0.05, 0) is 129 Å². The van der Waals surface area contributed by atoms with Crippen LogP contribution in [-0.2, 0) is 10.0 Å². The minimum Gasteiger partial charge on any atom is -0.497 e. The molecule has 2 saturated carbocycles. The van der Waals surface area contributed by atoms with Gasteiger partial charge in [0.2, 0.25) is 5.82 Å². The summed E-state index contributed by atoms with van der Waals surface area (Å²) in [7, 11) is -3.11. The average Bonchev–Trinajstić information content (AvgIpc) is 3.78. The van der Waals surface area contributed by atoms with Crippen molar-refractivity contribution in [2.45, 2.75) is 101 Å². The molecule has 1 atom stereocenters. The van der Waals surface area contributed by atoms with E-state index in [4.69, 9.17) is 9.47 Å². The number of nitro groups is 1. The lowest BCUT2D eigenvalue weighted by Crippen LogP contribution is -2.60. The van der Waals surface area contributed by atoms with Crippen molar-refractivity contribution in [3.05, 3.63) is 136 Å². The molecule has 4 N–H and O–H groups in total. The van der Waals surface area contributed by atoms with Gasteiger partial charge in [0.1, 0.15) is 33.6 Å². The molecule has 18 nitrogen and oxygen atoms in total. The fourth-order valence-corrected chi connectivity index (χ4v) is 12.7. The monoisotopic (exact) mass is 1060 g/mol. The van der Waals surface area contributed by atoms with Crippen LogP contribution in [0.1, 0.15) is 116 Å². The Balaban J connectivity index is 0.842. The number of aliphatic hydroxyl groups is 1. The first-order valence-corrected chi connectivity index (χ1v) is 27.5. The molecule has 2 saturated heterocycles. The highest BCUT2D eigenvalue weighted by atomic mass is 32.2. The normalized spacial score (nSPS) is 21.1. The molecule has 2 aliphatic carbocycles. The van der Waals surface area contributed by atoms with E-state index in [1.807, 2.05) is 33.9 Å². The summed E-state index contributed by atoms with van der Waals surface area (Å²) in [6.07, 6.45) is 9.95. The van der Waals surface area contributed by atoms with Crippen LogP contribution in [0.5, 0.6) is 17.2 Å². The van der Waals surface area contributed by atoms with Gasteiger partial charge >= 0.3 is 5.69 Å². The molecule has 3 aromatic heterocycles. The first kappa shape index (κ1) is 52.3. The largest absolute Gasteiger partial charge is 0.497 e. The first-order valence-electron chi connectivity index (χ1n) is 26.0. The minimum absolute atomic E-state index is 0.00916. The average molecular weight is 1060 g/mol. The predicted octanol–water partition coefficient (Wildman–Crippen LogP) is 9.35. The van der Waals surface area contributed by atoms with Crippen molar-refractivity contribution >= 4 is 50.1 Å². The number of fused-ring (bicyclic) bond motifs is 1. The lowest BCUT2D eigenvalue weighted by Gasteiger charge is -2.58. The smallest absolute Gasteiger partial charge is 0.312 e. The fourth-order valence-electron chi connectivity index (χ4n) is 11.7. The number of hydrogen-bond donors (Lipinski definition) is 4. The van der Waals surface area contributed by atoms with Gasteiger partial charge in [-0.25, -0.2) is 27.5 Å². The molecule has 4 fully saturated rings. The van der Waals surface area contributed by atoms with Gasteiger partial charge in [0.15, 0.2) is 0 Å². The number of aromatic nitrogens is 3. The van der Waals surface area contributed by atoms with Gasteiger partial charge in [-0.3, -0.25) is 24.6 Å². The van der Waals surface area contributed by atoms with E-state index in [1.54, 1.807) is 26.2 Å². The zero-order chi connectivity index (χ0) is 53.5. The van der Waals surface area contributed by atoms with Crippen molar-refractivity contribution in [2.75, 3.05) is 56.6 Å². The third kappa shape index (κ3) is 10.9. The Morgan fingerprint density at radius 3 is 2.39 bits per heavy atom. The standard InChI is InChI=1S/C56H64FN9O9S/c1-35(2)43-7-5-6-8-44(43)49-34-64(54(68)37-9-12-40(74-4)13-10-37)23-24-65(49)39-28-56(29-39)19-21-63(22-20-56)38-11-14-45(50(25-38)75-41-26-46-47(57)33-61-51(46)59-31-41)53(67)62-76(72,73)42-27-48(66(70)71)52(60-32-42)58-30-36-15-17-55(3,69)18-16-36/h5-14,25-27,31-33,35-36,39,49,69H,15-24,28-30,34H2,1-4H3,(H,58,60)(H,59,61)(H,62,67)/t36?,49-,55?/m0/s1. The molecular formula is C56H64FN9O9S. The summed E-state index contributed by atoms with van der Waals surface area (Å²) >= 11 is 0. The van der Waals surface area contributed by atoms with Crippen LogP contribution >= 0.6 is 0 Å². The fraction of sp³-hybridized carbons (Fsp3) is 0.429. The molecule has 3 aromatic carbocycles. The number of anilines is 2. The zero-order valence-electron chi connectivity index (χ0n) is 43.1. The lowest BCUT2D eigenvalue weighted by molar-refractivity contribution is -0.384. The molecule has 0 radical (unpaired) electrons. The number of sulfonamides is 1. The number of hydrogen-bond acceptors (Lipinski definition) is 14. The number of halogens is 1. The molecule has 0 bridgehead atoms. The maximum absolute atomic E-state index is 14.7. The lowest BCUT2D eigenvalue weighted by atomic mass is 9.59. The number of pyridine rings is 2. The third-order valence-electron chi connectivity index (χ3n) is 16.2. The van der Waals surface area contributed by atoms with E-state index in [2.05, 4.69) is 68.2 Å². The van der Waals surface area contributed by atoms with Crippen LogP contribution in [0, 0.1) is 27.3 Å². The molecule has 0 unspecified atom stereocenters. The Labute approximate surface area is 441 Å². The minimum atomic E-state index is -4.72. The summed E-state index contributed by atoms with van der Waals surface area (Å²) in [5, 5.41) is 25.7. The second kappa shape index (κ2) is 21.1. The number of aromatic amines is 1. The quantitative estimate of drug-likeness (QED) is 0.0556. The molecular weight excluding hydrogens is 994 g/mol. The predicted molar refractivity (Wildman–Crippen MR) is 285 cm³/mol.